The number of pyridine rings is 1. The van der Waals surface area contributed by atoms with Crippen LogP contribution in [0.4, 0.5) is 13.2 Å². The maximum Gasteiger partial charge on any atom is 0.455 e. The number of hydrogen-bond acceptors (Lipinski definition) is 4. The van der Waals surface area contributed by atoms with Crippen molar-refractivity contribution in [2.45, 2.75) is 13.1 Å². The molecule has 8 heteroatoms. The highest BCUT2D eigenvalue weighted by molar-refractivity contribution is 6.03. The van der Waals surface area contributed by atoms with Crippen molar-refractivity contribution < 1.29 is 23.1 Å². The Balaban J connectivity index is 2.56. The van der Waals surface area contributed by atoms with Crippen LogP contribution in [-0.4, -0.2) is 31.8 Å². The number of rotatable bonds is 2. The van der Waals surface area contributed by atoms with Crippen molar-refractivity contribution in [1.29, 1.82) is 0 Å². The number of aromatic hydroxyl groups is 1. The third kappa shape index (κ3) is 2.28. The number of Topliss-reactive ketones (excluding diaryl/α,β-unsaturated/α-hetero) is 1. The molecule has 0 aliphatic rings. The predicted molar refractivity (Wildman–Crippen MR) is 58.1 cm³/mol. The average molecular weight is 271 g/mol. The molecule has 1 N–H and O–H groups in total. The Bertz CT molecular complexity index is 620. The second-order valence-corrected chi connectivity index (χ2v) is 3.71. The van der Waals surface area contributed by atoms with Gasteiger partial charge in [-0.1, -0.05) is 6.07 Å². The number of aryl methyl sites for hydroxylation is 1. The lowest BCUT2D eigenvalue weighted by molar-refractivity contribution is -0.0887. The Morgan fingerprint density at radius 1 is 1.37 bits per heavy atom. The number of halogens is 3. The summed E-state index contributed by atoms with van der Waals surface area (Å²) in [5.74, 6) is -2.90. The molecule has 0 saturated carbocycles. The molecule has 0 fully saturated rings. The molecule has 0 unspecified atom stereocenters. The molecule has 19 heavy (non-hydrogen) atoms. The molecule has 0 aliphatic heterocycles. The minimum atomic E-state index is -5.07. The van der Waals surface area contributed by atoms with Crippen molar-refractivity contribution in [3.8, 4) is 11.7 Å². The molecule has 0 spiro atoms. The van der Waals surface area contributed by atoms with Gasteiger partial charge in [-0.25, -0.2) is 4.98 Å². The third-order valence-electron chi connectivity index (χ3n) is 2.39. The normalized spacial score (nSPS) is 11.6. The van der Waals surface area contributed by atoms with Gasteiger partial charge in [-0.05, 0) is 19.1 Å². The first-order valence-corrected chi connectivity index (χ1v) is 5.14. The summed E-state index contributed by atoms with van der Waals surface area (Å²) in [5, 5.41) is 13.4. The van der Waals surface area contributed by atoms with Gasteiger partial charge in [-0.3, -0.25) is 4.79 Å². The predicted octanol–water partition coefficient (Wildman–Crippen LogP) is 2.03. The molecule has 100 valence electrons. The largest absolute Gasteiger partial charge is 0.493 e. The number of aromatic nitrogens is 3. The molecule has 2 aromatic heterocycles. The first kappa shape index (κ1) is 13.1. The standard InChI is InChI=1S/C11H8F3N3O2/c1-6-8(9(18)11(12,13)14)10(19)17(16-6)7-4-2-3-5-15-7/h2-5,19H,1H3. The molecule has 2 heterocycles. The molecule has 0 radical (unpaired) electrons. The summed E-state index contributed by atoms with van der Waals surface area (Å²) in [6, 6.07) is 4.61. The zero-order valence-corrected chi connectivity index (χ0v) is 9.64. The summed E-state index contributed by atoms with van der Waals surface area (Å²) in [5.41, 5.74) is -1.08. The van der Waals surface area contributed by atoms with Crippen LogP contribution in [0, 0.1) is 6.92 Å². The summed E-state index contributed by atoms with van der Waals surface area (Å²) in [7, 11) is 0. The minimum absolute atomic E-state index is 0.115. The van der Waals surface area contributed by atoms with Gasteiger partial charge in [-0.15, -0.1) is 0 Å². The van der Waals surface area contributed by atoms with E-state index in [0.29, 0.717) is 0 Å². The Hall–Kier alpha value is -2.38. The third-order valence-corrected chi connectivity index (χ3v) is 2.39. The lowest BCUT2D eigenvalue weighted by Gasteiger charge is -2.04. The summed E-state index contributed by atoms with van der Waals surface area (Å²) in [4.78, 5) is 15.0. The summed E-state index contributed by atoms with van der Waals surface area (Å²) in [6.07, 6.45) is -3.68. The SMILES string of the molecule is Cc1nn(-c2ccccn2)c(O)c1C(=O)C(F)(F)F. The second-order valence-electron chi connectivity index (χ2n) is 3.71. The molecule has 5 nitrogen and oxygen atoms in total. The van der Waals surface area contributed by atoms with Gasteiger partial charge in [0.2, 0.25) is 5.88 Å². The highest BCUT2D eigenvalue weighted by atomic mass is 19.4. The molecule has 0 bridgehead atoms. The molecule has 2 rings (SSSR count). The van der Waals surface area contributed by atoms with Gasteiger partial charge in [0.1, 0.15) is 5.56 Å². The van der Waals surface area contributed by atoms with Crippen molar-refractivity contribution >= 4 is 5.78 Å². The average Bonchev–Trinajstić information content (AvgIpc) is 2.64. The van der Waals surface area contributed by atoms with E-state index in [0.717, 1.165) is 4.68 Å². The van der Waals surface area contributed by atoms with Gasteiger partial charge in [-0.2, -0.15) is 23.0 Å². The van der Waals surface area contributed by atoms with E-state index in [1.165, 1.54) is 19.2 Å². The highest BCUT2D eigenvalue weighted by Gasteiger charge is 2.43. The van der Waals surface area contributed by atoms with Crippen LogP contribution in [0.25, 0.3) is 5.82 Å². The fourth-order valence-corrected chi connectivity index (χ4v) is 1.56. The van der Waals surface area contributed by atoms with Crippen LogP contribution in [0.2, 0.25) is 0 Å². The molecule has 2 aromatic rings. The Morgan fingerprint density at radius 2 is 2.05 bits per heavy atom. The summed E-state index contributed by atoms with van der Waals surface area (Å²) < 4.78 is 38.0. The van der Waals surface area contributed by atoms with E-state index in [1.54, 1.807) is 12.1 Å². The molecular weight excluding hydrogens is 263 g/mol. The Kier molecular flexibility index (Phi) is 3.01. The smallest absolute Gasteiger partial charge is 0.455 e. The van der Waals surface area contributed by atoms with Crippen LogP contribution < -0.4 is 0 Å². The van der Waals surface area contributed by atoms with E-state index >= 15 is 0 Å². The van der Waals surface area contributed by atoms with Crippen molar-refractivity contribution in [1.82, 2.24) is 14.8 Å². The number of nitrogens with zero attached hydrogens (tertiary/aromatic N) is 3. The summed E-state index contributed by atoms with van der Waals surface area (Å²) in [6.45, 7) is 1.21. The first-order valence-electron chi connectivity index (χ1n) is 5.14. The van der Waals surface area contributed by atoms with Crippen LogP contribution in [0.15, 0.2) is 24.4 Å². The van der Waals surface area contributed by atoms with E-state index < -0.39 is 23.4 Å². The van der Waals surface area contributed by atoms with Crippen molar-refractivity contribution in [2.75, 3.05) is 0 Å². The van der Waals surface area contributed by atoms with Gasteiger partial charge >= 0.3 is 6.18 Å². The molecule has 0 aliphatic carbocycles. The zero-order chi connectivity index (χ0) is 14.2. The van der Waals surface area contributed by atoms with Crippen molar-refractivity contribution in [3.05, 3.63) is 35.7 Å². The van der Waals surface area contributed by atoms with Crippen LogP contribution in [0.5, 0.6) is 5.88 Å². The van der Waals surface area contributed by atoms with Gasteiger partial charge in [0, 0.05) is 6.20 Å². The maximum absolute atomic E-state index is 12.4. The monoisotopic (exact) mass is 271 g/mol. The zero-order valence-electron chi connectivity index (χ0n) is 9.64. The molecule has 0 atom stereocenters. The molecule has 0 aromatic carbocycles. The fourth-order valence-electron chi connectivity index (χ4n) is 1.56. The molecule has 0 amide bonds. The van der Waals surface area contributed by atoms with Crippen LogP contribution in [-0.2, 0) is 0 Å². The highest BCUT2D eigenvalue weighted by Crippen LogP contribution is 2.30. The number of ketones is 1. The quantitative estimate of drug-likeness (QED) is 0.848. The molecule has 0 saturated heterocycles. The minimum Gasteiger partial charge on any atom is -0.493 e. The Morgan fingerprint density at radius 3 is 2.58 bits per heavy atom. The van der Waals surface area contributed by atoms with Crippen LogP contribution in [0.3, 0.4) is 0 Å². The molecular formula is C11H8F3N3O2. The number of carbonyl (C=O) groups is 1. The number of hydrogen-bond donors (Lipinski definition) is 1. The number of carbonyl (C=O) groups excluding carboxylic acids is 1. The maximum atomic E-state index is 12.4. The fraction of sp³-hybridized carbons (Fsp3) is 0.182. The van der Waals surface area contributed by atoms with Gasteiger partial charge < -0.3 is 5.11 Å². The Labute approximate surface area is 105 Å². The van der Waals surface area contributed by atoms with Gasteiger partial charge in [0.05, 0.1) is 5.69 Å². The van der Waals surface area contributed by atoms with Crippen molar-refractivity contribution in [2.24, 2.45) is 0 Å². The van der Waals surface area contributed by atoms with E-state index in [1.807, 2.05) is 0 Å². The van der Waals surface area contributed by atoms with Crippen LogP contribution in [0.1, 0.15) is 16.1 Å². The van der Waals surface area contributed by atoms with E-state index in [2.05, 4.69) is 10.1 Å². The topological polar surface area (TPSA) is 68.0 Å². The lowest BCUT2D eigenvalue weighted by atomic mass is 10.1. The second kappa shape index (κ2) is 4.38. The lowest BCUT2D eigenvalue weighted by Crippen LogP contribution is -2.23. The van der Waals surface area contributed by atoms with E-state index in [-0.39, 0.29) is 11.5 Å². The van der Waals surface area contributed by atoms with E-state index in [4.69, 9.17) is 0 Å². The first-order chi connectivity index (χ1) is 8.82. The summed E-state index contributed by atoms with van der Waals surface area (Å²) >= 11 is 0. The van der Waals surface area contributed by atoms with Gasteiger partial charge in [0.15, 0.2) is 5.82 Å². The number of alkyl halides is 3. The van der Waals surface area contributed by atoms with Gasteiger partial charge in [0.25, 0.3) is 5.78 Å². The van der Waals surface area contributed by atoms with Crippen LogP contribution >= 0.6 is 0 Å². The van der Waals surface area contributed by atoms with Crippen molar-refractivity contribution in [3.63, 3.8) is 0 Å². The van der Waals surface area contributed by atoms with E-state index in [9.17, 15) is 23.1 Å².